The summed E-state index contributed by atoms with van der Waals surface area (Å²) < 4.78 is 8.01. The molecule has 2 aromatic heterocycles. The third-order valence-electron chi connectivity index (χ3n) is 6.14. The number of nitrogens with zero attached hydrogens (tertiary/aromatic N) is 4. The first-order valence-corrected chi connectivity index (χ1v) is 11.9. The average Bonchev–Trinajstić information content (AvgIpc) is 3.19. The van der Waals surface area contributed by atoms with Crippen LogP contribution in [0.3, 0.4) is 0 Å². The average molecular weight is 475 g/mol. The summed E-state index contributed by atoms with van der Waals surface area (Å²) in [5.41, 5.74) is 4.37. The van der Waals surface area contributed by atoms with Crippen molar-refractivity contribution in [2.24, 2.45) is 7.05 Å². The smallest absolute Gasteiger partial charge is 0.167 e. The van der Waals surface area contributed by atoms with E-state index in [0.29, 0.717) is 22.8 Å². The molecule has 4 aromatic rings. The molecular formula is C27H27ClN4O2. The normalized spacial score (nSPS) is 18.4. The number of anilines is 1. The van der Waals surface area contributed by atoms with Crippen LogP contribution in [0.15, 0.2) is 60.8 Å². The van der Waals surface area contributed by atoms with Gasteiger partial charge in [-0.25, -0.2) is 9.97 Å². The van der Waals surface area contributed by atoms with Crippen LogP contribution in [0, 0.1) is 0 Å². The first kappa shape index (κ1) is 22.6. The van der Waals surface area contributed by atoms with E-state index in [4.69, 9.17) is 26.3 Å². The van der Waals surface area contributed by atoms with E-state index in [0.717, 1.165) is 41.1 Å². The van der Waals surface area contributed by atoms with Crippen LogP contribution in [0.1, 0.15) is 29.8 Å². The first-order valence-electron chi connectivity index (χ1n) is 11.5. The number of carbonyl (C=O) groups is 1. The van der Waals surface area contributed by atoms with E-state index in [1.54, 1.807) is 24.3 Å². The predicted octanol–water partition coefficient (Wildman–Crippen LogP) is 5.33. The Balaban J connectivity index is 1.50. The van der Waals surface area contributed by atoms with Crippen LogP contribution in [0.25, 0.3) is 22.4 Å². The van der Waals surface area contributed by atoms with Gasteiger partial charge in [0.1, 0.15) is 5.52 Å². The zero-order valence-electron chi connectivity index (χ0n) is 19.5. The van der Waals surface area contributed by atoms with E-state index in [-0.39, 0.29) is 18.0 Å². The molecule has 0 bridgehead atoms. The number of hydrogen-bond acceptors (Lipinski definition) is 5. The summed E-state index contributed by atoms with van der Waals surface area (Å²) in [5, 5.41) is 0.617. The van der Waals surface area contributed by atoms with Crippen LogP contribution in [0.2, 0.25) is 5.02 Å². The van der Waals surface area contributed by atoms with Gasteiger partial charge in [-0.3, -0.25) is 4.79 Å². The molecule has 0 aliphatic carbocycles. The standard InChI is InChI=1S/C27H27ClN4O2/c1-17-15-32(16-18(2)34-17)27-25-23(11-12-31(25)3)29-26(30-27)21-6-4-5-19(13-21)14-24(33)20-7-9-22(28)10-8-20/h4-13,17-18H,14-16H2,1-3H3. The molecule has 0 spiro atoms. The Morgan fingerprint density at radius 2 is 1.79 bits per heavy atom. The monoisotopic (exact) mass is 474 g/mol. The number of carbonyl (C=O) groups excluding carboxylic acids is 1. The SMILES string of the molecule is CC1CN(c2nc(-c3cccc(CC(=O)c4ccc(Cl)cc4)c3)nc3ccn(C)c23)CC(C)O1. The number of hydrogen-bond donors (Lipinski definition) is 0. The predicted molar refractivity (Wildman–Crippen MR) is 136 cm³/mol. The maximum absolute atomic E-state index is 12.8. The van der Waals surface area contributed by atoms with Crippen molar-refractivity contribution >= 4 is 34.2 Å². The number of morpholine rings is 1. The molecule has 34 heavy (non-hydrogen) atoms. The summed E-state index contributed by atoms with van der Waals surface area (Å²) in [6.07, 6.45) is 2.56. The highest BCUT2D eigenvalue weighted by Crippen LogP contribution is 2.30. The van der Waals surface area contributed by atoms with Crippen molar-refractivity contribution < 1.29 is 9.53 Å². The number of rotatable bonds is 5. The van der Waals surface area contributed by atoms with Gasteiger partial charge in [-0.2, -0.15) is 0 Å². The minimum Gasteiger partial charge on any atom is -0.372 e. The molecule has 0 saturated carbocycles. The highest BCUT2D eigenvalue weighted by Gasteiger charge is 2.26. The van der Waals surface area contributed by atoms with Crippen LogP contribution >= 0.6 is 11.6 Å². The highest BCUT2D eigenvalue weighted by atomic mass is 35.5. The van der Waals surface area contributed by atoms with E-state index in [1.807, 2.05) is 43.6 Å². The Hall–Kier alpha value is -3.22. The number of benzene rings is 2. The summed E-state index contributed by atoms with van der Waals surface area (Å²) in [6.45, 7) is 5.73. The van der Waals surface area contributed by atoms with Gasteiger partial charge in [0.05, 0.1) is 17.7 Å². The molecule has 2 atom stereocenters. The lowest BCUT2D eigenvalue weighted by atomic mass is 10.0. The second kappa shape index (κ2) is 9.20. The van der Waals surface area contributed by atoms with Crippen molar-refractivity contribution in [1.82, 2.24) is 14.5 Å². The molecule has 1 fully saturated rings. The number of ketones is 1. The molecule has 7 heteroatoms. The van der Waals surface area contributed by atoms with Crippen LogP contribution in [-0.4, -0.2) is 45.6 Å². The fourth-order valence-electron chi connectivity index (χ4n) is 4.62. The number of fused-ring (bicyclic) bond motifs is 1. The Morgan fingerprint density at radius 1 is 1.06 bits per heavy atom. The van der Waals surface area contributed by atoms with Gasteiger partial charge in [-0.05, 0) is 55.8 Å². The van der Waals surface area contributed by atoms with Crippen molar-refractivity contribution in [1.29, 1.82) is 0 Å². The molecule has 3 heterocycles. The highest BCUT2D eigenvalue weighted by molar-refractivity contribution is 6.30. The van der Waals surface area contributed by atoms with E-state index >= 15 is 0 Å². The summed E-state index contributed by atoms with van der Waals surface area (Å²) in [7, 11) is 2.02. The van der Waals surface area contributed by atoms with Crippen molar-refractivity contribution in [3.05, 3.63) is 76.9 Å². The quantitative estimate of drug-likeness (QED) is 0.366. The van der Waals surface area contributed by atoms with E-state index in [9.17, 15) is 4.79 Å². The van der Waals surface area contributed by atoms with Crippen molar-refractivity contribution in [3.8, 4) is 11.4 Å². The minimum atomic E-state index is 0.0465. The third-order valence-corrected chi connectivity index (χ3v) is 6.39. The molecule has 2 aromatic carbocycles. The molecule has 0 N–H and O–H groups in total. The Kier molecular flexibility index (Phi) is 6.11. The Morgan fingerprint density at radius 3 is 2.53 bits per heavy atom. The van der Waals surface area contributed by atoms with Crippen LogP contribution in [-0.2, 0) is 18.2 Å². The van der Waals surface area contributed by atoms with Crippen LogP contribution in [0.5, 0.6) is 0 Å². The zero-order chi connectivity index (χ0) is 23.8. The van der Waals surface area contributed by atoms with Crippen LogP contribution in [0.4, 0.5) is 5.82 Å². The van der Waals surface area contributed by atoms with Gasteiger partial charge >= 0.3 is 0 Å². The lowest BCUT2D eigenvalue weighted by molar-refractivity contribution is -0.00538. The van der Waals surface area contributed by atoms with E-state index < -0.39 is 0 Å². The van der Waals surface area contributed by atoms with Gasteiger partial charge in [-0.15, -0.1) is 0 Å². The maximum atomic E-state index is 12.8. The lowest BCUT2D eigenvalue weighted by Gasteiger charge is -2.36. The fourth-order valence-corrected chi connectivity index (χ4v) is 4.74. The number of ether oxygens (including phenoxy) is 1. The molecule has 6 nitrogen and oxygen atoms in total. The molecular weight excluding hydrogens is 448 g/mol. The Bertz CT molecular complexity index is 1340. The van der Waals surface area contributed by atoms with Crippen molar-refractivity contribution in [3.63, 3.8) is 0 Å². The van der Waals surface area contributed by atoms with Gasteiger partial charge in [0.15, 0.2) is 17.4 Å². The first-order chi connectivity index (χ1) is 16.4. The number of Topliss-reactive ketones (excluding diaryl/α,β-unsaturated/α-hetero) is 1. The number of aromatic nitrogens is 3. The molecule has 1 aliphatic heterocycles. The second-order valence-electron chi connectivity index (χ2n) is 9.00. The minimum absolute atomic E-state index is 0.0465. The van der Waals surface area contributed by atoms with Crippen molar-refractivity contribution in [2.45, 2.75) is 32.5 Å². The molecule has 2 unspecified atom stereocenters. The topological polar surface area (TPSA) is 60.2 Å². The molecule has 174 valence electrons. The largest absolute Gasteiger partial charge is 0.372 e. The van der Waals surface area contributed by atoms with E-state index in [2.05, 4.69) is 23.3 Å². The lowest BCUT2D eigenvalue weighted by Crippen LogP contribution is -2.46. The third kappa shape index (κ3) is 4.56. The summed E-state index contributed by atoms with van der Waals surface area (Å²) >= 11 is 5.96. The summed E-state index contributed by atoms with van der Waals surface area (Å²) in [4.78, 5) is 25.0. The van der Waals surface area contributed by atoms with Gasteiger partial charge in [-0.1, -0.05) is 29.8 Å². The summed E-state index contributed by atoms with van der Waals surface area (Å²) in [5.74, 6) is 1.61. The molecule has 5 rings (SSSR count). The molecule has 1 aliphatic rings. The van der Waals surface area contributed by atoms with Gasteiger partial charge in [0, 0.05) is 48.9 Å². The Labute approximate surface area is 204 Å². The molecule has 1 saturated heterocycles. The van der Waals surface area contributed by atoms with Gasteiger partial charge in [0.25, 0.3) is 0 Å². The number of aryl methyl sites for hydroxylation is 1. The van der Waals surface area contributed by atoms with Crippen LogP contribution < -0.4 is 4.90 Å². The zero-order valence-corrected chi connectivity index (χ0v) is 20.3. The summed E-state index contributed by atoms with van der Waals surface area (Å²) in [6, 6.07) is 16.9. The molecule has 0 radical (unpaired) electrons. The number of halogens is 1. The van der Waals surface area contributed by atoms with E-state index in [1.165, 1.54) is 0 Å². The second-order valence-corrected chi connectivity index (χ2v) is 9.44. The molecule has 0 amide bonds. The maximum Gasteiger partial charge on any atom is 0.167 e. The van der Waals surface area contributed by atoms with Crippen molar-refractivity contribution in [2.75, 3.05) is 18.0 Å². The van der Waals surface area contributed by atoms with Gasteiger partial charge in [0.2, 0.25) is 0 Å². The van der Waals surface area contributed by atoms with Gasteiger partial charge < -0.3 is 14.2 Å². The fraction of sp³-hybridized carbons (Fsp3) is 0.296.